The first-order valence-corrected chi connectivity index (χ1v) is 9.23. The molecule has 0 aliphatic heterocycles. The predicted molar refractivity (Wildman–Crippen MR) is 85.8 cm³/mol. The minimum atomic E-state index is -3.40. The van der Waals surface area contributed by atoms with Crippen LogP contribution in [0, 0.1) is 19.8 Å². The molecule has 1 aliphatic carbocycles. The monoisotopic (exact) mass is 310 g/mol. The molecular formula is C16H26N2O2S. The molecule has 4 nitrogen and oxygen atoms in total. The number of hydrogen-bond acceptors (Lipinski definition) is 3. The van der Waals surface area contributed by atoms with E-state index in [9.17, 15) is 8.42 Å². The number of aryl methyl sites for hydroxylation is 2. The van der Waals surface area contributed by atoms with Crippen LogP contribution in [0.4, 0.5) is 0 Å². The van der Waals surface area contributed by atoms with Crippen molar-refractivity contribution in [3.8, 4) is 0 Å². The lowest BCUT2D eigenvalue weighted by Crippen LogP contribution is -2.32. The standard InChI is InChI=1S/C16H26N2O2S/c1-4-17-11-15-9-16(13(3)8-12(15)2)21(19,20)18-10-14-6-5-7-14/h8-9,14,17-18H,4-7,10-11H2,1-3H3. The van der Waals surface area contributed by atoms with Gasteiger partial charge in [0.1, 0.15) is 0 Å². The van der Waals surface area contributed by atoms with Crippen LogP contribution in [-0.2, 0) is 16.6 Å². The zero-order valence-electron chi connectivity index (χ0n) is 13.2. The van der Waals surface area contributed by atoms with Gasteiger partial charge in [-0.15, -0.1) is 0 Å². The molecule has 0 radical (unpaired) electrons. The summed E-state index contributed by atoms with van der Waals surface area (Å²) >= 11 is 0. The highest BCUT2D eigenvalue weighted by Crippen LogP contribution is 2.26. The van der Waals surface area contributed by atoms with Gasteiger partial charge >= 0.3 is 0 Å². The van der Waals surface area contributed by atoms with Gasteiger partial charge in [-0.1, -0.05) is 19.4 Å². The van der Waals surface area contributed by atoms with Crippen LogP contribution in [-0.4, -0.2) is 21.5 Å². The summed E-state index contributed by atoms with van der Waals surface area (Å²) < 4.78 is 27.8. The third kappa shape index (κ3) is 4.05. The summed E-state index contributed by atoms with van der Waals surface area (Å²) in [4.78, 5) is 0.417. The Hall–Kier alpha value is -0.910. The summed E-state index contributed by atoms with van der Waals surface area (Å²) in [7, 11) is -3.40. The second kappa shape index (κ2) is 6.90. The number of hydrogen-bond donors (Lipinski definition) is 2. The van der Waals surface area contributed by atoms with Gasteiger partial charge in [0, 0.05) is 13.1 Å². The third-order valence-corrected chi connectivity index (χ3v) is 5.84. The van der Waals surface area contributed by atoms with E-state index in [4.69, 9.17) is 0 Å². The highest BCUT2D eigenvalue weighted by molar-refractivity contribution is 7.89. The fraction of sp³-hybridized carbons (Fsp3) is 0.625. The van der Waals surface area contributed by atoms with Crippen LogP contribution in [0.1, 0.15) is 42.9 Å². The Morgan fingerprint density at radius 3 is 2.48 bits per heavy atom. The van der Waals surface area contributed by atoms with Crippen molar-refractivity contribution >= 4 is 10.0 Å². The van der Waals surface area contributed by atoms with Gasteiger partial charge in [0.05, 0.1) is 4.90 Å². The third-order valence-electron chi connectivity index (χ3n) is 4.28. The average molecular weight is 310 g/mol. The number of nitrogens with one attached hydrogen (secondary N) is 2. The molecule has 1 aromatic rings. The Labute approximate surface area is 128 Å². The average Bonchev–Trinajstić information content (AvgIpc) is 2.35. The largest absolute Gasteiger partial charge is 0.313 e. The van der Waals surface area contributed by atoms with Crippen molar-refractivity contribution in [1.29, 1.82) is 0 Å². The van der Waals surface area contributed by atoms with Gasteiger partial charge in [0.15, 0.2) is 0 Å². The molecule has 0 saturated heterocycles. The first kappa shape index (κ1) is 16.5. The molecule has 1 aromatic carbocycles. The van der Waals surface area contributed by atoms with Crippen LogP contribution < -0.4 is 10.0 Å². The first-order valence-electron chi connectivity index (χ1n) is 7.74. The first-order chi connectivity index (χ1) is 9.94. The summed E-state index contributed by atoms with van der Waals surface area (Å²) in [5, 5.41) is 3.26. The van der Waals surface area contributed by atoms with Gasteiger partial charge in [-0.3, -0.25) is 0 Å². The van der Waals surface area contributed by atoms with Crippen LogP contribution in [0.2, 0.25) is 0 Å². The molecule has 1 fully saturated rings. The second-order valence-corrected chi connectivity index (χ2v) is 7.71. The molecule has 118 valence electrons. The highest BCUT2D eigenvalue weighted by Gasteiger charge is 2.23. The fourth-order valence-electron chi connectivity index (χ4n) is 2.62. The van der Waals surface area contributed by atoms with Gasteiger partial charge < -0.3 is 5.32 Å². The van der Waals surface area contributed by atoms with Gasteiger partial charge in [-0.2, -0.15) is 0 Å². The fourth-order valence-corrected chi connectivity index (χ4v) is 4.01. The SMILES string of the molecule is CCNCc1cc(S(=O)(=O)NCC2CCC2)c(C)cc1C. The van der Waals surface area contributed by atoms with E-state index in [1.54, 1.807) is 0 Å². The summed E-state index contributed by atoms with van der Waals surface area (Å²) in [5.74, 6) is 0.520. The summed E-state index contributed by atoms with van der Waals surface area (Å²) in [6, 6.07) is 3.78. The van der Waals surface area contributed by atoms with E-state index < -0.39 is 10.0 Å². The maximum Gasteiger partial charge on any atom is 0.240 e. The van der Waals surface area contributed by atoms with E-state index in [1.165, 1.54) is 6.42 Å². The van der Waals surface area contributed by atoms with Crippen molar-refractivity contribution in [3.63, 3.8) is 0 Å². The topological polar surface area (TPSA) is 58.2 Å². The van der Waals surface area contributed by atoms with Crippen molar-refractivity contribution in [3.05, 3.63) is 28.8 Å². The van der Waals surface area contributed by atoms with Crippen molar-refractivity contribution < 1.29 is 8.42 Å². The lowest BCUT2D eigenvalue weighted by molar-refractivity contribution is 0.316. The van der Waals surface area contributed by atoms with Crippen LogP contribution in [0.15, 0.2) is 17.0 Å². The van der Waals surface area contributed by atoms with E-state index in [1.807, 2.05) is 32.9 Å². The highest BCUT2D eigenvalue weighted by atomic mass is 32.2. The molecule has 0 spiro atoms. The van der Waals surface area contributed by atoms with Crippen LogP contribution in [0.3, 0.4) is 0 Å². The Kier molecular flexibility index (Phi) is 5.41. The lowest BCUT2D eigenvalue weighted by Gasteiger charge is -2.25. The molecule has 0 unspecified atom stereocenters. The molecular weight excluding hydrogens is 284 g/mol. The van der Waals surface area contributed by atoms with Crippen molar-refractivity contribution in [2.45, 2.75) is 51.5 Å². The molecule has 0 bridgehead atoms. The maximum atomic E-state index is 12.5. The number of rotatable bonds is 7. The Balaban J connectivity index is 2.19. The van der Waals surface area contributed by atoms with Crippen molar-refractivity contribution in [1.82, 2.24) is 10.0 Å². The van der Waals surface area contributed by atoms with E-state index in [0.717, 1.165) is 36.1 Å². The summed E-state index contributed by atoms with van der Waals surface area (Å²) in [6.07, 6.45) is 3.50. The summed E-state index contributed by atoms with van der Waals surface area (Å²) in [6.45, 7) is 8.07. The zero-order chi connectivity index (χ0) is 15.5. The van der Waals surface area contributed by atoms with Gasteiger partial charge in [0.25, 0.3) is 0 Å². The normalized spacial score (nSPS) is 16.0. The zero-order valence-corrected chi connectivity index (χ0v) is 14.0. The van der Waals surface area contributed by atoms with Crippen molar-refractivity contribution in [2.24, 2.45) is 5.92 Å². The molecule has 0 aromatic heterocycles. The molecule has 1 aliphatic rings. The second-order valence-electron chi connectivity index (χ2n) is 5.97. The molecule has 0 heterocycles. The molecule has 5 heteroatoms. The number of sulfonamides is 1. The molecule has 2 N–H and O–H groups in total. The minimum Gasteiger partial charge on any atom is -0.313 e. The predicted octanol–water partition coefficient (Wildman–Crippen LogP) is 2.49. The molecule has 0 atom stereocenters. The minimum absolute atomic E-state index is 0.417. The van der Waals surface area contributed by atoms with Crippen molar-refractivity contribution in [2.75, 3.05) is 13.1 Å². The summed E-state index contributed by atoms with van der Waals surface area (Å²) in [5.41, 5.74) is 2.99. The van der Waals surface area contributed by atoms with Crippen LogP contribution >= 0.6 is 0 Å². The molecule has 0 amide bonds. The Morgan fingerprint density at radius 1 is 1.19 bits per heavy atom. The molecule has 2 rings (SSSR count). The molecule has 1 saturated carbocycles. The van der Waals surface area contributed by atoms with Gasteiger partial charge in [-0.25, -0.2) is 13.1 Å². The Morgan fingerprint density at radius 2 is 1.90 bits per heavy atom. The van der Waals surface area contributed by atoms with E-state index in [-0.39, 0.29) is 0 Å². The lowest BCUT2D eigenvalue weighted by atomic mass is 9.86. The smallest absolute Gasteiger partial charge is 0.240 e. The van der Waals surface area contributed by atoms with Crippen LogP contribution in [0.5, 0.6) is 0 Å². The van der Waals surface area contributed by atoms with E-state index in [0.29, 0.717) is 23.9 Å². The molecule has 21 heavy (non-hydrogen) atoms. The van der Waals surface area contributed by atoms with E-state index in [2.05, 4.69) is 10.0 Å². The van der Waals surface area contributed by atoms with Gasteiger partial charge in [-0.05, 0) is 61.9 Å². The quantitative estimate of drug-likeness (QED) is 0.813. The van der Waals surface area contributed by atoms with E-state index >= 15 is 0 Å². The Bertz CT molecular complexity index is 593. The van der Waals surface area contributed by atoms with Crippen LogP contribution in [0.25, 0.3) is 0 Å². The van der Waals surface area contributed by atoms with Gasteiger partial charge in [0.2, 0.25) is 10.0 Å². The number of benzene rings is 1. The maximum absolute atomic E-state index is 12.5.